The van der Waals surface area contributed by atoms with E-state index in [9.17, 15) is 19.4 Å². The molecule has 0 saturated heterocycles. The highest BCUT2D eigenvalue weighted by Crippen LogP contribution is 2.45. The molecular formula is C26H27FN2O3. The number of aliphatic hydroxyl groups excluding tert-OH is 2. The first kappa shape index (κ1) is 22.1. The lowest BCUT2D eigenvalue weighted by Crippen LogP contribution is -2.26. The van der Waals surface area contributed by atoms with E-state index < -0.39 is 12.2 Å². The zero-order chi connectivity index (χ0) is 22.7. The summed E-state index contributed by atoms with van der Waals surface area (Å²) in [5, 5.41) is 24.0. The molecule has 3 N–H and O–H groups in total. The third-order valence-corrected chi connectivity index (χ3v) is 5.75. The van der Waals surface area contributed by atoms with E-state index in [1.165, 1.54) is 19.2 Å². The molecule has 1 saturated carbocycles. The van der Waals surface area contributed by atoms with Crippen LogP contribution in [0.5, 0.6) is 0 Å². The molecule has 1 fully saturated rings. The van der Waals surface area contributed by atoms with Gasteiger partial charge in [0.15, 0.2) is 0 Å². The second-order valence-corrected chi connectivity index (χ2v) is 8.28. The van der Waals surface area contributed by atoms with Crippen LogP contribution in [-0.4, -0.2) is 40.4 Å². The Morgan fingerprint density at radius 2 is 1.91 bits per heavy atom. The molecule has 0 bridgehead atoms. The molecule has 4 rings (SSSR count). The Morgan fingerprint density at radius 3 is 2.59 bits per heavy atom. The van der Waals surface area contributed by atoms with Gasteiger partial charge >= 0.3 is 0 Å². The van der Waals surface area contributed by atoms with Gasteiger partial charge in [-0.2, -0.15) is 0 Å². The van der Waals surface area contributed by atoms with Crippen LogP contribution in [0.25, 0.3) is 28.1 Å². The summed E-state index contributed by atoms with van der Waals surface area (Å²) in [7, 11) is 1.51. The van der Waals surface area contributed by atoms with E-state index in [1.807, 2.05) is 30.3 Å². The molecule has 0 aliphatic heterocycles. The zero-order valence-corrected chi connectivity index (χ0v) is 18.0. The number of carbonyl (C=O) groups excluding carboxylic acids is 1. The van der Waals surface area contributed by atoms with Crippen LogP contribution >= 0.6 is 0 Å². The van der Waals surface area contributed by atoms with Gasteiger partial charge in [-0.3, -0.25) is 9.78 Å². The average molecular weight is 435 g/mol. The third kappa shape index (κ3) is 5.03. The number of para-hydroxylation sites is 1. The number of amides is 1. The number of nitrogens with zero attached hydrogens (tertiary/aromatic N) is 1. The highest BCUT2D eigenvalue weighted by atomic mass is 19.1. The Hall–Kier alpha value is -3.09. The molecule has 1 aliphatic rings. The van der Waals surface area contributed by atoms with Crippen LogP contribution in [0.15, 0.2) is 54.6 Å². The number of aromatic nitrogens is 1. The predicted molar refractivity (Wildman–Crippen MR) is 123 cm³/mol. The zero-order valence-electron chi connectivity index (χ0n) is 18.0. The minimum atomic E-state index is -0.941. The Kier molecular flexibility index (Phi) is 6.63. The van der Waals surface area contributed by atoms with Gasteiger partial charge in [-0.25, -0.2) is 4.39 Å². The molecule has 2 atom stereocenters. The fraction of sp³-hybridized carbons (Fsp3) is 0.308. The van der Waals surface area contributed by atoms with E-state index in [-0.39, 0.29) is 24.6 Å². The summed E-state index contributed by atoms with van der Waals surface area (Å²) in [6.07, 6.45) is 3.73. The Bertz CT molecular complexity index is 1140. The largest absolute Gasteiger partial charge is 0.392 e. The summed E-state index contributed by atoms with van der Waals surface area (Å²) in [4.78, 5) is 16.4. The molecule has 6 heteroatoms. The van der Waals surface area contributed by atoms with Crippen molar-refractivity contribution < 1.29 is 19.4 Å². The molecule has 1 amide bonds. The van der Waals surface area contributed by atoms with Gasteiger partial charge in [0.2, 0.25) is 5.91 Å². The maximum absolute atomic E-state index is 13.6. The van der Waals surface area contributed by atoms with Crippen LogP contribution in [0.4, 0.5) is 4.39 Å². The Morgan fingerprint density at radius 1 is 1.19 bits per heavy atom. The van der Waals surface area contributed by atoms with E-state index in [1.54, 1.807) is 18.2 Å². The number of hydrogen-bond donors (Lipinski definition) is 3. The van der Waals surface area contributed by atoms with Gasteiger partial charge in [0.25, 0.3) is 0 Å². The van der Waals surface area contributed by atoms with Crippen LogP contribution in [0, 0.1) is 5.82 Å². The van der Waals surface area contributed by atoms with Gasteiger partial charge < -0.3 is 15.5 Å². The topological polar surface area (TPSA) is 82.5 Å². The first-order chi connectivity index (χ1) is 15.5. The average Bonchev–Trinajstić information content (AvgIpc) is 3.62. The van der Waals surface area contributed by atoms with Crippen LogP contribution < -0.4 is 5.32 Å². The van der Waals surface area contributed by atoms with Crippen molar-refractivity contribution in [2.45, 2.75) is 43.8 Å². The highest BCUT2D eigenvalue weighted by Gasteiger charge is 2.29. The van der Waals surface area contributed by atoms with Crippen molar-refractivity contribution in [2.75, 3.05) is 7.05 Å². The minimum Gasteiger partial charge on any atom is -0.392 e. The number of carbonyl (C=O) groups is 1. The number of aliphatic hydroxyl groups is 2. The van der Waals surface area contributed by atoms with E-state index in [4.69, 9.17) is 4.98 Å². The molecule has 5 nitrogen and oxygen atoms in total. The maximum atomic E-state index is 13.6. The lowest BCUT2D eigenvalue weighted by molar-refractivity contribution is -0.122. The summed E-state index contributed by atoms with van der Waals surface area (Å²) >= 11 is 0. The molecule has 3 aromatic rings. The lowest BCUT2D eigenvalue weighted by Gasteiger charge is -2.16. The molecule has 0 radical (unpaired) electrons. The van der Waals surface area contributed by atoms with Gasteiger partial charge in [-0.15, -0.1) is 0 Å². The Balaban J connectivity index is 1.75. The van der Waals surface area contributed by atoms with Crippen LogP contribution in [0.3, 0.4) is 0 Å². The molecule has 2 aromatic carbocycles. The van der Waals surface area contributed by atoms with E-state index in [0.29, 0.717) is 5.92 Å². The van der Waals surface area contributed by atoms with Crippen LogP contribution in [-0.2, 0) is 4.79 Å². The van der Waals surface area contributed by atoms with Gasteiger partial charge in [0.05, 0.1) is 29.8 Å². The normalized spacial score (nSPS) is 15.8. The molecular weight excluding hydrogens is 407 g/mol. The van der Waals surface area contributed by atoms with Crippen molar-refractivity contribution in [2.24, 2.45) is 0 Å². The predicted octanol–water partition coefficient (Wildman–Crippen LogP) is 4.18. The molecule has 32 heavy (non-hydrogen) atoms. The van der Waals surface area contributed by atoms with Crippen LogP contribution in [0.2, 0.25) is 0 Å². The number of benzene rings is 2. The van der Waals surface area contributed by atoms with E-state index >= 15 is 0 Å². The Labute approximate surface area is 186 Å². The number of nitrogens with one attached hydrogen (secondary N) is 1. The fourth-order valence-electron chi connectivity index (χ4n) is 3.97. The monoisotopic (exact) mass is 434 g/mol. The van der Waals surface area contributed by atoms with Gasteiger partial charge in [0, 0.05) is 35.9 Å². The smallest absolute Gasteiger partial charge is 0.222 e. The lowest BCUT2D eigenvalue weighted by atomic mass is 9.92. The van der Waals surface area contributed by atoms with Gasteiger partial charge in [0.1, 0.15) is 5.82 Å². The van der Waals surface area contributed by atoms with E-state index in [0.717, 1.165) is 46.1 Å². The molecule has 166 valence electrons. The SMILES string of the molecule is CNC(=O)C[C@H](O)C[C@H](O)/C=C/c1c(C2CC2)nc2ccccc2c1-c1ccc(F)cc1. The van der Waals surface area contributed by atoms with Crippen molar-refractivity contribution in [3.63, 3.8) is 0 Å². The minimum absolute atomic E-state index is 0.0512. The molecule has 0 spiro atoms. The quantitative estimate of drug-likeness (QED) is 0.497. The first-order valence-electron chi connectivity index (χ1n) is 10.9. The standard InChI is InChI=1S/C26H27FN2O3/c1-28-24(32)15-20(31)14-19(30)12-13-22-25(16-8-10-18(27)11-9-16)21-4-2-3-5-23(21)29-26(22)17-6-7-17/h2-5,8-13,17,19-20,30-31H,6-7,14-15H2,1H3,(H,28,32)/b13-12+/t19-,20-/m1/s1. The maximum Gasteiger partial charge on any atom is 0.222 e. The number of pyridine rings is 1. The van der Waals surface area contributed by atoms with E-state index in [2.05, 4.69) is 5.32 Å². The van der Waals surface area contributed by atoms with Crippen molar-refractivity contribution in [3.8, 4) is 11.1 Å². The van der Waals surface area contributed by atoms with Crippen molar-refractivity contribution in [1.29, 1.82) is 0 Å². The van der Waals surface area contributed by atoms with Gasteiger partial charge in [-0.05, 0) is 36.6 Å². The summed E-state index contributed by atoms with van der Waals surface area (Å²) < 4.78 is 13.6. The summed E-state index contributed by atoms with van der Waals surface area (Å²) in [5.41, 5.74) is 4.58. The molecule has 0 unspecified atom stereocenters. The summed E-state index contributed by atoms with van der Waals surface area (Å²) in [5.74, 6) is -0.219. The number of hydrogen-bond acceptors (Lipinski definition) is 4. The second-order valence-electron chi connectivity index (χ2n) is 8.28. The van der Waals surface area contributed by atoms with Crippen LogP contribution in [0.1, 0.15) is 42.9 Å². The molecule has 1 aromatic heterocycles. The second kappa shape index (κ2) is 9.59. The first-order valence-corrected chi connectivity index (χ1v) is 10.9. The van der Waals surface area contributed by atoms with Crippen molar-refractivity contribution in [1.82, 2.24) is 10.3 Å². The fourth-order valence-corrected chi connectivity index (χ4v) is 3.97. The van der Waals surface area contributed by atoms with Crippen molar-refractivity contribution in [3.05, 3.63) is 71.7 Å². The summed E-state index contributed by atoms with van der Waals surface area (Å²) in [6, 6.07) is 14.3. The highest BCUT2D eigenvalue weighted by molar-refractivity contribution is 5.99. The number of halogens is 1. The molecule has 1 aliphatic carbocycles. The number of rotatable bonds is 8. The third-order valence-electron chi connectivity index (χ3n) is 5.75. The number of fused-ring (bicyclic) bond motifs is 1. The van der Waals surface area contributed by atoms with Gasteiger partial charge in [-0.1, -0.05) is 42.5 Å². The summed E-state index contributed by atoms with van der Waals surface area (Å²) in [6.45, 7) is 0. The van der Waals surface area contributed by atoms with Crippen molar-refractivity contribution >= 4 is 22.9 Å². The molecule has 1 heterocycles.